The van der Waals surface area contributed by atoms with E-state index in [0.29, 0.717) is 5.69 Å². The van der Waals surface area contributed by atoms with Crippen LogP contribution in [0.2, 0.25) is 0 Å². The normalized spacial score (nSPS) is 11.0. The van der Waals surface area contributed by atoms with Crippen LogP contribution in [0.4, 0.5) is 5.69 Å². The van der Waals surface area contributed by atoms with Crippen LogP contribution < -0.4 is 16.6 Å². The zero-order valence-electron chi connectivity index (χ0n) is 14.2. The zero-order chi connectivity index (χ0) is 18.7. The minimum atomic E-state index is -0.464. The Bertz CT molecular complexity index is 1080. The van der Waals surface area contributed by atoms with Gasteiger partial charge in [0.1, 0.15) is 12.7 Å². The van der Waals surface area contributed by atoms with Crippen LogP contribution in [0.25, 0.3) is 11.8 Å². The molecule has 0 aliphatic heterocycles. The molecular weight excluding hydrogens is 336 g/mol. The largest absolute Gasteiger partial charge is 0.330 e. The molecule has 26 heavy (non-hydrogen) atoms. The topological polar surface area (TPSA) is 104 Å². The maximum Gasteiger partial charge on any atom is 0.330 e. The quantitative estimate of drug-likeness (QED) is 0.681. The predicted molar refractivity (Wildman–Crippen MR) is 95.9 cm³/mol. The molecule has 0 saturated carbocycles. The van der Waals surface area contributed by atoms with Crippen LogP contribution in [-0.2, 0) is 18.9 Å². The van der Waals surface area contributed by atoms with Crippen LogP contribution in [0.1, 0.15) is 5.56 Å². The molecule has 0 fully saturated rings. The summed E-state index contributed by atoms with van der Waals surface area (Å²) in [6.07, 6.45) is 7.02. The molecule has 1 N–H and O–H groups in total. The van der Waals surface area contributed by atoms with Crippen LogP contribution >= 0.6 is 0 Å². The van der Waals surface area contributed by atoms with E-state index in [4.69, 9.17) is 0 Å². The van der Waals surface area contributed by atoms with Crippen molar-refractivity contribution >= 4 is 17.7 Å². The number of amides is 1. The maximum absolute atomic E-state index is 12.0. The minimum absolute atomic E-state index is 0.242. The molecule has 0 spiro atoms. The van der Waals surface area contributed by atoms with E-state index < -0.39 is 17.2 Å². The third-order valence-electron chi connectivity index (χ3n) is 3.71. The molecular formula is C17H16N6O3. The highest BCUT2D eigenvalue weighted by molar-refractivity contribution is 6.01. The first-order valence-electron chi connectivity index (χ1n) is 7.66. The highest BCUT2D eigenvalue weighted by atomic mass is 16.2. The molecule has 1 aromatic carbocycles. The number of hydrogen-bond acceptors (Lipinski definition) is 5. The second-order valence-electron chi connectivity index (χ2n) is 5.55. The van der Waals surface area contributed by atoms with Gasteiger partial charge in [-0.3, -0.25) is 14.2 Å². The lowest BCUT2D eigenvalue weighted by atomic mass is 10.2. The molecule has 0 radical (unpaired) electrons. The number of aryl methyl sites for hydroxylation is 1. The number of aromatic nitrogens is 5. The Morgan fingerprint density at radius 2 is 1.88 bits per heavy atom. The van der Waals surface area contributed by atoms with E-state index in [2.05, 4.69) is 15.4 Å². The third-order valence-corrected chi connectivity index (χ3v) is 3.71. The van der Waals surface area contributed by atoms with Gasteiger partial charge in [-0.25, -0.2) is 14.5 Å². The number of anilines is 1. The van der Waals surface area contributed by atoms with Gasteiger partial charge in [0, 0.05) is 32.1 Å². The summed E-state index contributed by atoms with van der Waals surface area (Å²) in [5.74, 6) is -0.394. The average Bonchev–Trinajstić information content (AvgIpc) is 3.17. The second kappa shape index (κ2) is 7.01. The average molecular weight is 352 g/mol. The van der Waals surface area contributed by atoms with Crippen LogP contribution in [-0.4, -0.2) is 29.8 Å². The predicted octanol–water partition coefficient (Wildman–Crippen LogP) is 0.317. The van der Waals surface area contributed by atoms with Gasteiger partial charge in [0.05, 0.1) is 11.3 Å². The Morgan fingerprint density at radius 1 is 1.15 bits per heavy atom. The van der Waals surface area contributed by atoms with Crippen molar-refractivity contribution in [2.75, 3.05) is 5.32 Å². The van der Waals surface area contributed by atoms with E-state index in [1.165, 1.54) is 43.3 Å². The Labute approximate surface area is 147 Å². The first kappa shape index (κ1) is 17.1. The van der Waals surface area contributed by atoms with Crippen molar-refractivity contribution < 1.29 is 4.79 Å². The zero-order valence-corrected chi connectivity index (χ0v) is 14.2. The molecule has 1 amide bonds. The summed E-state index contributed by atoms with van der Waals surface area (Å²) in [6, 6.07) is 7.04. The van der Waals surface area contributed by atoms with Gasteiger partial charge >= 0.3 is 5.69 Å². The lowest BCUT2D eigenvalue weighted by molar-refractivity contribution is -0.111. The van der Waals surface area contributed by atoms with Crippen molar-refractivity contribution in [2.24, 2.45) is 14.1 Å². The van der Waals surface area contributed by atoms with Gasteiger partial charge in [-0.15, -0.1) is 0 Å². The van der Waals surface area contributed by atoms with Gasteiger partial charge in [-0.1, -0.05) is 0 Å². The Balaban J connectivity index is 1.72. The van der Waals surface area contributed by atoms with Gasteiger partial charge in [0.25, 0.3) is 5.56 Å². The first-order chi connectivity index (χ1) is 12.5. The Morgan fingerprint density at radius 3 is 2.54 bits per heavy atom. The van der Waals surface area contributed by atoms with Crippen LogP contribution in [0.15, 0.2) is 58.8 Å². The summed E-state index contributed by atoms with van der Waals surface area (Å²) in [6.45, 7) is 0. The highest BCUT2D eigenvalue weighted by Crippen LogP contribution is 2.12. The van der Waals surface area contributed by atoms with E-state index in [9.17, 15) is 14.4 Å². The molecule has 0 bridgehead atoms. The van der Waals surface area contributed by atoms with Gasteiger partial charge < -0.3 is 9.88 Å². The summed E-state index contributed by atoms with van der Waals surface area (Å²) in [5, 5.41) is 6.72. The number of benzene rings is 1. The lowest BCUT2D eigenvalue weighted by Crippen LogP contribution is -2.37. The molecule has 132 valence electrons. The van der Waals surface area contributed by atoms with Crippen molar-refractivity contribution in [3.05, 3.63) is 75.6 Å². The van der Waals surface area contributed by atoms with Crippen LogP contribution in [0, 0.1) is 0 Å². The van der Waals surface area contributed by atoms with Gasteiger partial charge in [-0.2, -0.15) is 5.10 Å². The summed E-state index contributed by atoms with van der Waals surface area (Å²) in [4.78, 5) is 39.6. The van der Waals surface area contributed by atoms with E-state index in [1.807, 2.05) is 0 Å². The van der Waals surface area contributed by atoms with Crippen LogP contribution in [0.5, 0.6) is 0 Å². The molecule has 0 atom stereocenters. The second-order valence-corrected chi connectivity index (χ2v) is 5.55. The first-order valence-corrected chi connectivity index (χ1v) is 7.66. The lowest BCUT2D eigenvalue weighted by Gasteiger charge is -2.05. The minimum Gasteiger partial charge on any atom is -0.323 e. The van der Waals surface area contributed by atoms with Crippen molar-refractivity contribution in [1.29, 1.82) is 0 Å². The van der Waals surface area contributed by atoms with Crippen molar-refractivity contribution in [1.82, 2.24) is 23.9 Å². The molecule has 2 aromatic heterocycles. The number of carbonyl (C=O) groups is 1. The van der Waals surface area contributed by atoms with E-state index in [0.717, 1.165) is 10.3 Å². The van der Waals surface area contributed by atoms with E-state index in [-0.39, 0.29) is 5.56 Å². The van der Waals surface area contributed by atoms with Gasteiger partial charge in [0.15, 0.2) is 0 Å². The molecule has 0 aliphatic carbocycles. The molecule has 0 aliphatic rings. The van der Waals surface area contributed by atoms with Gasteiger partial charge in [-0.05, 0) is 30.3 Å². The summed E-state index contributed by atoms with van der Waals surface area (Å²) < 4.78 is 3.86. The summed E-state index contributed by atoms with van der Waals surface area (Å²) in [7, 11) is 2.93. The Hall–Kier alpha value is -3.75. The maximum atomic E-state index is 12.0. The molecule has 2 heterocycles. The standard InChI is InChI=1S/C17H16N6O3/c1-21-9-12(16(25)22(2)17(21)26)3-8-15(24)20-13-4-6-14(7-5-13)23-11-18-10-19-23/h3-11H,1-2H3,(H,20,24)/b8-3+. The highest BCUT2D eigenvalue weighted by Gasteiger charge is 2.05. The fourth-order valence-electron chi connectivity index (χ4n) is 2.34. The fraction of sp³-hybridized carbons (Fsp3) is 0.118. The van der Waals surface area contributed by atoms with Crippen molar-refractivity contribution in [3.8, 4) is 5.69 Å². The van der Waals surface area contributed by atoms with Crippen molar-refractivity contribution in [3.63, 3.8) is 0 Å². The smallest absolute Gasteiger partial charge is 0.323 e. The Kier molecular flexibility index (Phi) is 4.61. The number of hydrogen-bond donors (Lipinski definition) is 1. The molecule has 3 rings (SSSR count). The van der Waals surface area contributed by atoms with E-state index >= 15 is 0 Å². The number of nitrogens with one attached hydrogen (secondary N) is 1. The number of rotatable bonds is 4. The molecule has 0 unspecified atom stereocenters. The third kappa shape index (κ3) is 3.51. The summed E-state index contributed by atoms with van der Waals surface area (Å²) in [5.41, 5.74) is 0.756. The van der Waals surface area contributed by atoms with E-state index in [1.54, 1.807) is 35.3 Å². The fourth-order valence-corrected chi connectivity index (χ4v) is 2.34. The van der Waals surface area contributed by atoms with Gasteiger partial charge in [0.2, 0.25) is 5.91 Å². The number of carbonyl (C=O) groups excluding carboxylic acids is 1. The molecule has 3 aromatic rings. The van der Waals surface area contributed by atoms with Crippen LogP contribution in [0.3, 0.4) is 0 Å². The monoisotopic (exact) mass is 352 g/mol. The number of nitrogens with zero attached hydrogens (tertiary/aromatic N) is 5. The summed E-state index contributed by atoms with van der Waals surface area (Å²) >= 11 is 0. The van der Waals surface area contributed by atoms with Crippen molar-refractivity contribution in [2.45, 2.75) is 0 Å². The molecule has 0 saturated heterocycles. The SMILES string of the molecule is Cn1cc(/C=C/C(=O)Nc2ccc(-n3cncn3)cc2)c(=O)n(C)c1=O. The molecule has 9 heteroatoms. The molecule has 9 nitrogen and oxygen atoms in total.